The molecule has 27 heavy (non-hydrogen) atoms. The number of aliphatic imine (C=N–C) groups is 1. The Labute approximate surface area is 177 Å². The van der Waals surface area contributed by atoms with Gasteiger partial charge in [0, 0.05) is 51.9 Å². The number of aromatic nitrogens is 1. The minimum atomic E-state index is -0.228. The van der Waals surface area contributed by atoms with Crippen LogP contribution in [0, 0.1) is 13.8 Å². The number of ether oxygens (including phenoxy) is 1. The predicted octanol–water partition coefficient (Wildman–Crippen LogP) is 1.35. The van der Waals surface area contributed by atoms with E-state index in [1.807, 2.05) is 18.7 Å². The lowest BCUT2D eigenvalue weighted by Gasteiger charge is -2.37. The van der Waals surface area contributed by atoms with Crippen molar-refractivity contribution in [3.8, 4) is 0 Å². The second-order valence-corrected chi connectivity index (χ2v) is 6.84. The number of hydrogen-bond acceptors (Lipinski definition) is 5. The van der Waals surface area contributed by atoms with Gasteiger partial charge in [-0.2, -0.15) is 0 Å². The number of nitrogens with one attached hydrogen (secondary N) is 1. The maximum absolute atomic E-state index is 12.4. The van der Waals surface area contributed by atoms with Gasteiger partial charge in [-0.25, -0.2) is 0 Å². The summed E-state index contributed by atoms with van der Waals surface area (Å²) in [7, 11) is 1.79. The van der Waals surface area contributed by atoms with Crippen molar-refractivity contribution in [3.63, 3.8) is 0 Å². The normalized spacial score (nSPS) is 20.6. The van der Waals surface area contributed by atoms with Crippen molar-refractivity contribution in [1.29, 1.82) is 0 Å². The van der Waals surface area contributed by atoms with Crippen molar-refractivity contribution in [2.45, 2.75) is 39.2 Å². The molecule has 2 saturated heterocycles. The number of nitrogens with zero attached hydrogens (tertiary/aromatic N) is 4. The van der Waals surface area contributed by atoms with Crippen LogP contribution in [0.1, 0.15) is 29.9 Å². The first-order valence-corrected chi connectivity index (χ1v) is 9.38. The lowest BCUT2D eigenvalue weighted by molar-refractivity contribution is -0.142. The fourth-order valence-corrected chi connectivity index (χ4v) is 3.61. The molecular formula is C18H30IN5O3. The Bertz CT molecular complexity index is 630. The number of rotatable bonds is 4. The molecule has 0 radical (unpaired) electrons. The van der Waals surface area contributed by atoms with E-state index in [4.69, 9.17) is 9.26 Å². The number of piperazine rings is 1. The number of carbonyl (C=O) groups excluding carboxylic acids is 1. The van der Waals surface area contributed by atoms with Crippen LogP contribution in [0.5, 0.6) is 0 Å². The zero-order valence-electron chi connectivity index (χ0n) is 16.4. The summed E-state index contributed by atoms with van der Waals surface area (Å²) in [4.78, 5) is 20.9. The molecule has 0 aliphatic carbocycles. The lowest BCUT2D eigenvalue weighted by Crippen LogP contribution is -2.55. The van der Waals surface area contributed by atoms with Gasteiger partial charge in [-0.3, -0.25) is 9.79 Å². The fraction of sp³-hybridized carbons (Fsp3) is 0.722. The van der Waals surface area contributed by atoms with Crippen LogP contribution in [-0.2, 0) is 16.0 Å². The SMILES string of the molecule is CN=C(NCCc1c(C)noc1C)N1CCN(C(=O)C2CCCO2)CC1.I. The molecule has 152 valence electrons. The molecule has 8 nitrogen and oxygen atoms in total. The second kappa shape index (κ2) is 10.3. The lowest BCUT2D eigenvalue weighted by atomic mass is 10.1. The summed E-state index contributed by atoms with van der Waals surface area (Å²) in [5.74, 6) is 1.89. The molecule has 2 aliphatic heterocycles. The van der Waals surface area contributed by atoms with Crippen molar-refractivity contribution >= 4 is 35.8 Å². The van der Waals surface area contributed by atoms with Gasteiger partial charge in [-0.1, -0.05) is 5.16 Å². The molecular weight excluding hydrogens is 461 g/mol. The van der Waals surface area contributed by atoms with Crippen molar-refractivity contribution < 1.29 is 14.1 Å². The van der Waals surface area contributed by atoms with E-state index in [-0.39, 0.29) is 36.0 Å². The van der Waals surface area contributed by atoms with Gasteiger partial charge in [0.2, 0.25) is 0 Å². The topological polar surface area (TPSA) is 83.2 Å². The molecule has 3 rings (SSSR count). The van der Waals surface area contributed by atoms with Gasteiger partial charge in [-0.15, -0.1) is 24.0 Å². The molecule has 0 aromatic carbocycles. The first-order valence-electron chi connectivity index (χ1n) is 9.38. The summed E-state index contributed by atoms with van der Waals surface area (Å²) in [5, 5.41) is 7.40. The van der Waals surface area contributed by atoms with Crippen molar-refractivity contribution in [3.05, 3.63) is 17.0 Å². The van der Waals surface area contributed by atoms with Crippen LogP contribution in [0.15, 0.2) is 9.52 Å². The molecule has 3 heterocycles. The largest absolute Gasteiger partial charge is 0.368 e. The van der Waals surface area contributed by atoms with E-state index in [9.17, 15) is 4.79 Å². The van der Waals surface area contributed by atoms with Gasteiger partial charge >= 0.3 is 0 Å². The van der Waals surface area contributed by atoms with Gasteiger partial charge in [0.25, 0.3) is 5.91 Å². The highest BCUT2D eigenvalue weighted by atomic mass is 127. The Morgan fingerprint density at radius 1 is 1.26 bits per heavy atom. The first-order chi connectivity index (χ1) is 12.6. The zero-order chi connectivity index (χ0) is 18.5. The molecule has 1 atom stereocenters. The number of carbonyl (C=O) groups is 1. The van der Waals surface area contributed by atoms with Crippen LogP contribution in [-0.4, -0.2) is 79.3 Å². The molecule has 9 heteroatoms. The van der Waals surface area contributed by atoms with E-state index in [1.165, 1.54) is 0 Å². The molecule has 2 aliphatic rings. The van der Waals surface area contributed by atoms with E-state index in [2.05, 4.69) is 20.4 Å². The van der Waals surface area contributed by atoms with Gasteiger partial charge in [0.1, 0.15) is 11.9 Å². The number of hydrogen-bond donors (Lipinski definition) is 1. The first kappa shape index (κ1) is 21.9. The van der Waals surface area contributed by atoms with Crippen molar-refractivity contribution in [1.82, 2.24) is 20.3 Å². The highest BCUT2D eigenvalue weighted by molar-refractivity contribution is 14.0. The summed E-state index contributed by atoms with van der Waals surface area (Å²) in [6.07, 6.45) is 2.45. The molecule has 2 fully saturated rings. The third-order valence-corrected chi connectivity index (χ3v) is 5.15. The predicted molar refractivity (Wildman–Crippen MR) is 114 cm³/mol. The van der Waals surface area contributed by atoms with Crippen LogP contribution < -0.4 is 5.32 Å². The maximum atomic E-state index is 12.4. The average molecular weight is 491 g/mol. The Morgan fingerprint density at radius 3 is 2.52 bits per heavy atom. The van der Waals surface area contributed by atoms with Crippen molar-refractivity contribution in [2.24, 2.45) is 4.99 Å². The zero-order valence-corrected chi connectivity index (χ0v) is 18.7. The molecule has 0 spiro atoms. The third kappa shape index (κ3) is 5.34. The van der Waals surface area contributed by atoms with Crippen LogP contribution in [0.3, 0.4) is 0 Å². The monoisotopic (exact) mass is 491 g/mol. The van der Waals surface area contributed by atoms with E-state index in [1.54, 1.807) is 7.05 Å². The van der Waals surface area contributed by atoms with E-state index >= 15 is 0 Å². The molecule has 1 N–H and O–H groups in total. The number of guanidine groups is 1. The molecule has 0 bridgehead atoms. The average Bonchev–Trinajstić information content (AvgIpc) is 3.30. The summed E-state index contributed by atoms with van der Waals surface area (Å²) in [6.45, 7) is 8.36. The molecule has 1 aromatic heterocycles. The molecule has 0 saturated carbocycles. The van der Waals surface area contributed by atoms with E-state index < -0.39 is 0 Å². The number of halogens is 1. The van der Waals surface area contributed by atoms with Crippen LogP contribution >= 0.6 is 24.0 Å². The number of amides is 1. The highest BCUT2D eigenvalue weighted by Crippen LogP contribution is 2.16. The summed E-state index contributed by atoms with van der Waals surface area (Å²) >= 11 is 0. The summed E-state index contributed by atoms with van der Waals surface area (Å²) in [5.41, 5.74) is 2.10. The molecule has 1 unspecified atom stereocenters. The Kier molecular flexibility index (Phi) is 8.33. The van der Waals surface area contributed by atoms with E-state index in [0.717, 1.165) is 61.9 Å². The van der Waals surface area contributed by atoms with Crippen LogP contribution in [0.2, 0.25) is 0 Å². The maximum Gasteiger partial charge on any atom is 0.251 e. The smallest absolute Gasteiger partial charge is 0.251 e. The van der Waals surface area contributed by atoms with Gasteiger partial charge < -0.3 is 24.4 Å². The molecule has 1 aromatic rings. The Balaban J connectivity index is 0.00000261. The Morgan fingerprint density at radius 2 is 1.96 bits per heavy atom. The van der Waals surface area contributed by atoms with Crippen LogP contribution in [0.25, 0.3) is 0 Å². The van der Waals surface area contributed by atoms with Gasteiger partial charge in [0.05, 0.1) is 5.69 Å². The minimum absolute atomic E-state index is 0. The summed E-state index contributed by atoms with van der Waals surface area (Å²) < 4.78 is 10.7. The third-order valence-electron chi connectivity index (χ3n) is 5.15. The van der Waals surface area contributed by atoms with Crippen molar-refractivity contribution in [2.75, 3.05) is 46.4 Å². The van der Waals surface area contributed by atoms with Crippen LogP contribution in [0.4, 0.5) is 0 Å². The fourth-order valence-electron chi connectivity index (χ4n) is 3.61. The van der Waals surface area contributed by atoms with Gasteiger partial charge in [-0.05, 0) is 33.1 Å². The minimum Gasteiger partial charge on any atom is -0.368 e. The Hall–Kier alpha value is -1.36. The standard InChI is InChI=1S/C18H29N5O3.HI/c1-13-15(14(2)26-21-13)6-7-20-18(19-3)23-10-8-22(9-11-23)17(24)16-5-4-12-25-16;/h16H,4-12H2,1-3H3,(H,19,20);1H. The summed E-state index contributed by atoms with van der Waals surface area (Å²) in [6, 6.07) is 0. The van der Waals surface area contributed by atoms with E-state index in [0.29, 0.717) is 19.7 Å². The molecule has 1 amide bonds. The quantitative estimate of drug-likeness (QED) is 0.389. The van der Waals surface area contributed by atoms with Gasteiger partial charge in [0.15, 0.2) is 5.96 Å². The second-order valence-electron chi connectivity index (χ2n) is 6.84. The highest BCUT2D eigenvalue weighted by Gasteiger charge is 2.30. The number of aryl methyl sites for hydroxylation is 2.